The summed E-state index contributed by atoms with van der Waals surface area (Å²) in [6, 6.07) is 2.66. The highest BCUT2D eigenvalue weighted by Gasteiger charge is 2.57. The number of ketones is 2. The van der Waals surface area contributed by atoms with E-state index in [-0.39, 0.29) is 37.4 Å². The Morgan fingerprint density at radius 1 is 1.07 bits per heavy atom. The van der Waals surface area contributed by atoms with E-state index in [0.717, 1.165) is 9.75 Å². The van der Waals surface area contributed by atoms with Crippen molar-refractivity contribution >= 4 is 41.0 Å². The number of amides is 1. The van der Waals surface area contributed by atoms with Gasteiger partial charge < -0.3 is 39.0 Å². The molecular formula is C38H56N6O10S. The van der Waals surface area contributed by atoms with E-state index in [9.17, 15) is 24.3 Å². The third-order valence-corrected chi connectivity index (χ3v) is 12.5. The van der Waals surface area contributed by atoms with Crippen LogP contribution in [0.2, 0.25) is 0 Å². The number of esters is 1. The van der Waals surface area contributed by atoms with Gasteiger partial charge in [0, 0.05) is 28.7 Å². The van der Waals surface area contributed by atoms with E-state index in [1.165, 1.54) is 18.3 Å². The number of carbonyl (C=O) groups is 4. The van der Waals surface area contributed by atoms with Crippen molar-refractivity contribution in [1.29, 1.82) is 0 Å². The summed E-state index contributed by atoms with van der Waals surface area (Å²) in [7, 11) is 3.73. The molecule has 0 spiro atoms. The number of hydrogen-bond donors (Lipinski definition) is 3. The molecule has 16 nitrogen and oxygen atoms in total. The largest absolute Gasteiger partial charge is 0.458 e. The first-order valence-electron chi connectivity index (χ1n) is 19.0. The number of ether oxygens (including phenoxy) is 5. The quantitative estimate of drug-likeness (QED) is 0.244. The second kappa shape index (κ2) is 17.3. The van der Waals surface area contributed by atoms with Crippen LogP contribution < -0.4 is 5.32 Å². The molecule has 3 fully saturated rings. The smallest absolute Gasteiger partial charge is 0.408 e. The minimum absolute atomic E-state index is 0.0500. The maximum Gasteiger partial charge on any atom is 0.408 e. The Labute approximate surface area is 326 Å². The highest BCUT2D eigenvalue weighted by molar-refractivity contribution is 7.16. The molecule has 3 saturated heterocycles. The highest BCUT2D eigenvalue weighted by Crippen LogP contribution is 2.40. The Kier molecular flexibility index (Phi) is 13.3. The summed E-state index contributed by atoms with van der Waals surface area (Å²) in [6.45, 7) is 13.8. The SMILES string of the molecule is CC[C@H]1OC(=O)[C@H](C)C(=O)[C@H](C)[C@@H](O[C@@H]2O[C@H](C)C[C@H](N(C)C)[C@H]2O)[C@@](C)(OCC=Cc2ccc(-c3nn[nH]n3)s2)C[C@@H](C)C(=O)[C@H](C)[C@H]2NC(=O)O[C@@]21C. The van der Waals surface area contributed by atoms with Crippen molar-refractivity contribution in [3.63, 3.8) is 0 Å². The molecular weight excluding hydrogens is 733 g/mol. The number of aromatic nitrogens is 4. The third kappa shape index (κ3) is 9.02. The Morgan fingerprint density at radius 2 is 1.80 bits per heavy atom. The predicted molar refractivity (Wildman–Crippen MR) is 201 cm³/mol. The number of tetrazole rings is 1. The Bertz CT molecular complexity index is 1700. The van der Waals surface area contributed by atoms with Gasteiger partial charge in [-0.1, -0.05) is 33.8 Å². The van der Waals surface area contributed by atoms with Crippen molar-refractivity contribution in [1.82, 2.24) is 30.8 Å². The van der Waals surface area contributed by atoms with Gasteiger partial charge in [0.25, 0.3) is 0 Å². The van der Waals surface area contributed by atoms with Gasteiger partial charge in [0.1, 0.15) is 23.9 Å². The molecule has 2 aromatic heterocycles. The van der Waals surface area contributed by atoms with Crippen molar-refractivity contribution < 1.29 is 48.0 Å². The van der Waals surface area contributed by atoms with E-state index in [1.54, 1.807) is 41.5 Å². The predicted octanol–water partition coefficient (Wildman–Crippen LogP) is 3.80. The van der Waals surface area contributed by atoms with Crippen molar-refractivity contribution in [3.05, 3.63) is 23.1 Å². The Morgan fingerprint density at radius 3 is 2.45 bits per heavy atom. The zero-order valence-corrected chi connectivity index (χ0v) is 34.1. The zero-order chi connectivity index (χ0) is 40.4. The Hall–Kier alpha value is -3.61. The number of thiophene rings is 1. The maximum absolute atomic E-state index is 14.4. The lowest BCUT2D eigenvalue weighted by atomic mass is 9.73. The van der Waals surface area contributed by atoms with Gasteiger partial charge in [-0.15, -0.1) is 21.5 Å². The van der Waals surface area contributed by atoms with Gasteiger partial charge in [0.2, 0.25) is 5.82 Å². The fourth-order valence-corrected chi connectivity index (χ4v) is 9.23. The van der Waals surface area contributed by atoms with E-state index in [2.05, 4.69) is 25.9 Å². The van der Waals surface area contributed by atoms with Gasteiger partial charge in [0.05, 0.1) is 35.3 Å². The molecule has 3 N–H and O–H groups in total. The lowest BCUT2D eigenvalue weighted by Gasteiger charge is -2.47. The van der Waals surface area contributed by atoms with Crippen molar-refractivity contribution in [2.75, 3.05) is 20.7 Å². The molecule has 5 rings (SSSR count). The number of alkyl carbamates (subject to hydrolysis) is 1. The number of nitrogens with one attached hydrogen (secondary N) is 2. The van der Waals surface area contributed by atoms with Gasteiger partial charge in [-0.05, 0) is 84.5 Å². The summed E-state index contributed by atoms with van der Waals surface area (Å²) >= 11 is 1.46. The van der Waals surface area contributed by atoms with E-state index in [1.807, 2.05) is 50.2 Å². The molecule has 17 heteroatoms. The summed E-state index contributed by atoms with van der Waals surface area (Å²) in [6.07, 6.45) is -0.734. The number of fused-ring (bicyclic) bond motifs is 1. The third-order valence-electron chi connectivity index (χ3n) is 11.4. The molecule has 0 aromatic carbocycles. The molecule has 0 radical (unpaired) electrons. The fourth-order valence-electron chi connectivity index (χ4n) is 8.36. The van der Waals surface area contributed by atoms with Crippen LogP contribution in [0, 0.1) is 23.7 Å². The number of Topliss-reactive ketones (excluding diaryl/α,β-unsaturated/α-hetero) is 2. The normalized spacial score (nSPS) is 38.1. The average molecular weight is 789 g/mol. The molecule has 0 bridgehead atoms. The van der Waals surface area contributed by atoms with Crippen LogP contribution in [-0.2, 0) is 38.1 Å². The average Bonchev–Trinajstić information content (AvgIpc) is 3.91. The lowest BCUT2D eigenvalue weighted by molar-refractivity contribution is -0.296. The number of hydrogen-bond acceptors (Lipinski definition) is 15. The van der Waals surface area contributed by atoms with E-state index in [0.29, 0.717) is 12.2 Å². The first-order valence-corrected chi connectivity index (χ1v) is 19.8. The second-order valence-electron chi connectivity index (χ2n) is 15.8. The molecule has 304 valence electrons. The number of rotatable bonds is 9. The van der Waals surface area contributed by atoms with Crippen LogP contribution in [0.4, 0.5) is 4.79 Å². The molecule has 13 atom stereocenters. The number of nitrogens with zero attached hydrogens (tertiary/aromatic N) is 4. The molecule has 1 amide bonds. The maximum atomic E-state index is 14.4. The summed E-state index contributed by atoms with van der Waals surface area (Å²) in [5.41, 5.74) is -2.75. The van der Waals surface area contributed by atoms with Crippen molar-refractivity contribution in [2.24, 2.45) is 23.7 Å². The van der Waals surface area contributed by atoms with E-state index < -0.39 is 83.4 Å². The summed E-state index contributed by atoms with van der Waals surface area (Å²) in [5, 5.41) is 28.5. The first-order chi connectivity index (χ1) is 25.9. The fraction of sp³-hybridized carbons (Fsp3) is 0.711. The minimum atomic E-state index is -1.38. The molecule has 2 aromatic rings. The minimum Gasteiger partial charge on any atom is -0.458 e. The van der Waals surface area contributed by atoms with Crippen molar-refractivity contribution in [2.45, 2.75) is 129 Å². The highest BCUT2D eigenvalue weighted by atomic mass is 32.1. The van der Waals surface area contributed by atoms with Crippen LogP contribution in [0.3, 0.4) is 0 Å². The number of aliphatic hydroxyl groups is 1. The van der Waals surface area contributed by atoms with Crippen LogP contribution in [0.5, 0.6) is 0 Å². The van der Waals surface area contributed by atoms with Gasteiger partial charge >= 0.3 is 12.1 Å². The monoisotopic (exact) mass is 788 g/mol. The van der Waals surface area contributed by atoms with Crippen LogP contribution in [0.25, 0.3) is 16.8 Å². The molecule has 0 unspecified atom stereocenters. The summed E-state index contributed by atoms with van der Waals surface area (Å²) < 4.78 is 31.3. The van der Waals surface area contributed by atoms with Gasteiger partial charge in [0.15, 0.2) is 17.7 Å². The molecule has 5 heterocycles. The molecule has 55 heavy (non-hydrogen) atoms. The molecule has 3 aliphatic rings. The van der Waals surface area contributed by atoms with Crippen LogP contribution in [-0.4, -0.2) is 129 Å². The first kappa shape index (κ1) is 42.5. The lowest BCUT2D eigenvalue weighted by Crippen LogP contribution is -2.60. The number of aliphatic hydroxyl groups excluding tert-OH is 1. The zero-order valence-electron chi connectivity index (χ0n) is 33.3. The van der Waals surface area contributed by atoms with Crippen molar-refractivity contribution in [3.8, 4) is 10.7 Å². The standard InChI is InChI=1S/C38H56N6O10S/c1-11-27-38(8)31(39-36(49)54-38)21(4)28(45)19(2)18-37(7,50-16-12-13-24-14-15-26(55-24)33-40-42-43-41-33)32(22(5)29(46)23(6)34(48)52-27)53-35-30(47)25(44(9)10)17-20(3)51-35/h12-15,19-23,25,27,30-32,35,47H,11,16-18H2,1-10H3,(H,39,49)(H,40,41,42,43)/t19-,20-,21+,22+,23-,25+,27-,30-,31-,32-,35+,37+,38-/m1/s1. The van der Waals surface area contributed by atoms with Gasteiger partial charge in [-0.2, -0.15) is 5.21 Å². The number of H-pyrrole nitrogens is 1. The number of aromatic amines is 1. The van der Waals surface area contributed by atoms with Crippen LogP contribution in [0.1, 0.15) is 79.5 Å². The van der Waals surface area contributed by atoms with Crippen LogP contribution in [0.15, 0.2) is 18.2 Å². The van der Waals surface area contributed by atoms with E-state index in [4.69, 9.17) is 23.7 Å². The molecule has 0 aliphatic carbocycles. The van der Waals surface area contributed by atoms with Gasteiger partial charge in [-0.3, -0.25) is 14.4 Å². The topological polar surface area (TPSA) is 204 Å². The number of carbonyl (C=O) groups excluding carboxylic acids is 4. The number of cyclic esters (lactones) is 1. The Balaban J connectivity index is 1.54. The van der Waals surface area contributed by atoms with Crippen LogP contribution >= 0.6 is 11.3 Å². The summed E-state index contributed by atoms with van der Waals surface area (Å²) in [4.78, 5) is 58.9. The molecule has 3 aliphatic heterocycles. The molecule has 0 saturated carbocycles. The van der Waals surface area contributed by atoms with Gasteiger partial charge in [-0.25, -0.2) is 4.79 Å². The summed E-state index contributed by atoms with van der Waals surface area (Å²) in [5.74, 6) is -4.70. The van der Waals surface area contributed by atoms with E-state index >= 15 is 0 Å². The number of likely N-dealkylation sites (N-methyl/N-ethyl adjacent to an activating group) is 1. The second-order valence-corrected chi connectivity index (χ2v) is 16.9.